The molecular weight excluding hydrogens is 630 g/mol. The summed E-state index contributed by atoms with van der Waals surface area (Å²) in [6.07, 6.45) is -0.217. The highest BCUT2D eigenvalue weighted by Crippen LogP contribution is 2.27. The zero-order chi connectivity index (χ0) is 35.3. The van der Waals surface area contributed by atoms with Gasteiger partial charge in [0, 0.05) is 37.2 Å². The van der Waals surface area contributed by atoms with Crippen LogP contribution in [-0.2, 0) is 25.6 Å². The van der Waals surface area contributed by atoms with Gasteiger partial charge in [-0.25, -0.2) is 4.79 Å². The van der Waals surface area contributed by atoms with E-state index in [4.69, 9.17) is 14.6 Å². The van der Waals surface area contributed by atoms with E-state index in [0.29, 0.717) is 34.1 Å². The van der Waals surface area contributed by atoms with E-state index in [1.165, 1.54) is 33.9 Å². The molecule has 0 bridgehead atoms. The number of hydrogen-bond acceptors (Lipinski definition) is 7. The van der Waals surface area contributed by atoms with E-state index >= 15 is 0 Å². The molecule has 0 atom stereocenters. The molecule has 0 saturated heterocycles. The van der Waals surface area contributed by atoms with Gasteiger partial charge in [-0.3, -0.25) is 19.2 Å². The lowest BCUT2D eigenvalue weighted by atomic mass is 10.1. The predicted molar refractivity (Wildman–Crippen MR) is 185 cm³/mol. The van der Waals surface area contributed by atoms with E-state index in [1.54, 1.807) is 99.0 Å². The van der Waals surface area contributed by atoms with Crippen LogP contribution in [0.2, 0.25) is 0 Å². The third-order valence-electron chi connectivity index (χ3n) is 7.36. The van der Waals surface area contributed by atoms with Crippen LogP contribution in [0.4, 0.5) is 27.5 Å². The minimum absolute atomic E-state index is 0.217. The number of para-hydroxylation sites is 3. The van der Waals surface area contributed by atoms with Gasteiger partial charge in [0.2, 0.25) is 11.8 Å². The molecule has 4 rings (SSSR count). The lowest BCUT2D eigenvalue weighted by Gasteiger charge is -2.26. The summed E-state index contributed by atoms with van der Waals surface area (Å²) in [7, 11) is 4.71. The lowest BCUT2D eigenvalue weighted by Crippen LogP contribution is -2.46. The Hall–Kier alpha value is -6.37. The molecule has 0 aromatic heterocycles. The third kappa shape index (κ3) is 10.1. The van der Waals surface area contributed by atoms with Gasteiger partial charge in [0.05, 0.1) is 25.8 Å². The highest BCUT2D eigenvalue weighted by molar-refractivity contribution is 6.05. The molecule has 0 aliphatic carbocycles. The van der Waals surface area contributed by atoms with E-state index in [-0.39, 0.29) is 31.2 Å². The fourth-order valence-corrected chi connectivity index (χ4v) is 4.74. The third-order valence-corrected chi connectivity index (χ3v) is 7.36. The summed E-state index contributed by atoms with van der Waals surface area (Å²) in [4.78, 5) is 67.7. The van der Waals surface area contributed by atoms with Gasteiger partial charge in [0.15, 0.2) is 6.61 Å². The van der Waals surface area contributed by atoms with Gasteiger partial charge in [0.1, 0.15) is 18.0 Å². The number of nitrogens with zero attached hydrogens (tertiary/aromatic N) is 3. The number of methoxy groups -OCH3 is 1. The van der Waals surface area contributed by atoms with E-state index in [0.717, 1.165) is 0 Å². The molecular formula is C36H37N5O8. The molecule has 0 aliphatic heterocycles. The van der Waals surface area contributed by atoms with Gasteiger partial charge in [-0.15, -0.1) is 0 Å². The van der Waals surface area contributed by atoms with Gasteiger partial charge < -0.3 is 39.9 Å². The minimum atomic E-state index is -1.01. The molecule has 0 fully saturated rings. The van der Waals surface area contributed by atoms with Crippen molar-refractivity contribution in [2.24, 2.45) is 0 Å². The molecule has 4 aromatic carbocycles. The number of likely N-dealkylation sites (N-methyl/N-ethyl adjacent to an activating group) is 2. The maximum atomic E-state index is 13.6. The Morgan fingerprint density at radius 2 is 1.43 bits per heavy atom. The Morgan fingerprint density at radius 1 is 0.735 bits per heavy atom. The molecule has 0 radical (unpaired) electrons. The average molecular weight is 668 g/mol. The highest BCUT2D eigenvalue weighted by atomic mass is 16.5. The van der Waals surface area contributed by atoms with Crippen molar-refractivity contribution in [1.82, 2.24) is 5.32 Å². The number of hydrogen-bond donors (Lipinski definition) is 3. The van der Waals surface area contributed by atoms with Crippen LogP contribution in [0.5, 0.6) is 11.5 Å². The molecule has 0 saturated carbocycles. The zero-order valence-electron chi connectivity index (χ0n) is 27.3. The first-order chi connectivity index (χ1) is 23.5. The number of anilines is 4. The molecule has 5 amide bonds. The van der Waals surface area contributed by atoms with Crippen molar-refractivity contribution < 1.29 is 38.6 Å². The van der Waals surface area contributed by atoms with Crippen molar-refractivity contribution in [3.05, 3.63) is 109 Å². The van der Waals surface area contributed by atoms with E-state index in [1.807, 2.05) is 6.07 Å². The fourth-order valence-electron chi connectivity index (χ4n) is 4.74. The molecule has 13 nitrogen and oxygen atoms in total. The minimum Gasteiger partial charge on any atom is -0.495 e. The van der Waals surface area contributed by atoms with Crippen molar-refractivity contribution in [2.45, 2.75) is 6.42 Å². The quantitative estimate of drug-likeness (QED) is 0.181. The van der Waals surface area contributed by atoms with Gasteiger partial charge in [-0.1, -0.05) is 48.5 Å². The Labute approximate surface area is 283 Å². The molecule has 3 N–H and O–H groups in total. The van der Waals surface area contributed by atoms with Gasteiger partial charge >= 0.3 is 12.0 Å². The second kappa shape index (κ2) is 17.0. The van der Waals surface area contributed by atoms with Crippen molar-refractivity contribution in [2.75, 3.05) is 60.9 Å². The molecule has 49 heavy (non-hydrogen) atoms. The van der Waals surface area contributed by atoms with Crippen LogP contribution in [0.1, 0.15) is 5.56 Å². The standard InChI is InChI=1S/C36H37N5O8/c1-39(27-13-5-4-6-14-27)33(43)23-41(32(42)22-37-36(47)38-26-12-9-11-25(19-26)20-35(45)46)28-15-10-16-29(21-28)49-24-34(44)40(2)30-17-7-8-18-31(30)48-3/h4-19,21H,20,22-24H2,1-3H3,(H,45,46)(H2,37,38,47). The first-order valence-electron chi connectivity index (χ1n) is 15.2. The molecule has 0 spiro atoms. The topological polar surface area (TPSA) is 158 Å². The van der Waals surface area contributed by atoms with Crippen LogP contribution >= 0.6 is 0 Å². The number of ether oxygens (including phenoxy) is 2. The number of carboxylic acids is 1. The van der Waals surface area contributed by atoms with Crippen LogP contribution < -0.4 is 34.8 Å². The number of amides is 5. The molecule has 254 valence electrons. The smallest absolute Gasteiger partial charge is 0.319 e. The second-order valence-corrected chi connectivity index (χ2v) is 10.8. The number of carbonyl (C=O) groups excluding carboxylic acids is 4. The average Bonchev–Trinajstić information content (AvgIpc) is 3.11. The maximum Gasteiger partial charge on any atom is 0.319 e. The van der Waals surface area contributed by atoms with Crippen LogP contribution in [0.25, 0.3) is 0 Å². The first-order valence-corrected chi connectivity index (χ1v) is 15.2. The number of urea groups is 1. The summed E-state index contributed by atoms with van der Waals surface area (Å²) in [6, 6.07) is 28.0. The van der Waals surface area contributed by atoms with Gasteiger partial charge in [-0.05, 0) is 54.1 Å². The van der Waals surface area contributed by atoms with Crippen molar-refractivity contribution >= 4 is 52.5 Å². The highest BCUT2D eigenvalue weighted by Gasteiger charge is 2.23. The number of aliphatic carboxylic acids is 1. The molecule has 0 heterocycles. The molecule has 13 heteroatoms. The lowest BCUT2D eigenvalue weighted by molar-refractivity contribution is -0.136. The fraction of sp³-hybridized carbons (Fsp3) is 0.194. The normalized spacial score (nSPS) is 10.3. The summed E-state index contributed by atoms with van der Waals surface area (Å²) in [5, 5.41) is 14.1. The summed E-state index contributed by atoms with van der Waals surface area (Å²) in [5.74, 6) is -1.58. The SMILES string of the molecule is COc1ccccc1N(C)C(=O)COc1cccc(N(CC(=O)N(C)c2ccccc2)C(=O)CNC(=O)Nc2cccc(CC(=O)O)c2)c1. The summed E-state index contributed by atoms with van der Waals surface area (Å²) in [5.41, 5.74) is 2.32. The van der Waals surface area contributed by atoms with Crippen molar-refractivity contribution in [3.8, 4) is 11.5 Å². The van der Waals surface area contributed by atoms with Gasteiger partial charge in [-0.2, -0.15) is 0 Å². The van der Waals surface area contributed by atoms with Crippen molar-refractivity contribution in [3.63, 3.8) is 0 Å². The number of carboxylic acid groups (broad SMARTS) is 1. The zero-order valence-corrected chi connectivity index (χ0v) is 27.3. The summed E-state index contributed by atoms with van der Waals surface area (Å²) in [6.45, 7) is -1.17. The van der Waals surface area contributed by atoms with E-state index in [2.05, 4.69) is 10.6 Å². The first kappa shape index (κ1) is 35.5. The van der Waals surface area contributed by atoms with E-state index in [9.17, 15) is 24.0 Å². The summed E-state index contributed by atoms with van der Waals surface area (Å²) < 4.78 is 11.1. The Morgan fingerprint density at radius 3 is 2.16 bits per heavy atom. The number of benzene rings is 4. The Kier molecular flexibility index (Phi) is 12.3. The number of rotatable bonds is 14. The van der Waals surface area contributed by atoms with Crippen LogP contribution in [0, 0.1) is 0 Å². The largest absolute Gasteiger partial charge is 0.495 e. The molecule has 4 aromatic rings. The Bertz CT molecular complexity index is 1800. The number of nitrogens with one attached hydrogen (secondary N) is 2. The maximum absolute atomic E-state index is 13.6. The number of carbonyl (C=O) groups is 5. The monoisotopic (exact) mass is 667 g/mol. The van der Waals surface area contributed by atoms with Crippen LogP contribution in [0.15, 0.2) is 103 Å². The van der Waals surface area contributed by atoms with Crippen LogP contribution in [-0.4, -0.2) is 75.7 Å². The molecule has 0 aliphatic rings. The molecule has 0 unspecified atom stereocenters. The second-order valence-electron chi connectivity index (χ2n) is 10.8. The predicted octanol–water partition coefficient (Wildman–Crippen LogP) is 4.18. The van der Waals surface area contributed by atoms with Gasteiger partial charge in [0.25, 0.3) is 5.91 Å². The summed E-state index contributed by atoms with van der Waals surface area (Å²) >= 11 is 0. The van der Waals surface area contributed by atoms with Crippen molar-refractivity contribution in [1.29, 1.82) is 0 Å². The van der Waals surface area contributed by atoms with Crippen LogP contribution in [0.3, 0.4) is 0 Å². The van der Waals surface area contributed by atoms with E-state index < -0.39 is 30.4 Å². The Balaban J connectivity index is 1.48.